The van der Waals surface area contributed by atoms with Crippen LogP contribution in [0.5, 0.6) is 0 Å². The van der Waals surface area contributed by atoms with Crippen LogP contribution in [-0.4, -0.2) is 48.2 Å². The quantitative estimate of drug-likeness (QED) is 0.801. The zero-order chi connectivity index (χ0) is 12.8. The fourth-order valence-electron chi connectivity index (χ4n) is 3.62. The monoisotopic (exact) mass is 252 g/mol. The Morgan fingerprint density at radius 1 is 1.44 bits per heavy atom. The van der Waals surface area contributed by atoms with Gasteiger partial charge in [-0.2, -0.15) is 0 Å². The first-order valence-corrected chi connectivity index (χ1v) is 7.25. The number of nitrogens with one attached hydrogen (secondary N) is 1. The molecule has 3 aliphatic heterocycles. The lowest BCUT2D eigenvalue weighted by atomic mass is 9.94. The molecular weight excluding hydrogens is 228 g/mol. The van der Waals surface area contributed by atoms with Gasteiger partial charge in [0, 0.05) is 19.1 Å². The van der Waals surface area contributed by atoms with Crippen molar-refractivity contribution in [1.82, 2.24) is 10.2 Å². The molecule has 3 saturated heterocycles. The van der Waals surface area contributed by atoms with E-state index in [0.717, 1.165) is 45.3 Å². The van der Waals surface area contributed by atoms with Crippen molar-refractivity contribution < 1.29 is 9.53 Å². The minimum atomic E-state index is -0.00154. The Morgan fingerprint density at radius 3 is 2.94 bits per heavy atom. The van der Waals surface area contributed by atoms with E-state index in [2.05, 4.69) is 19.2 Å². The van der Waals surface area contributed by atoms with Crippen molar-refractivity contribution >= 4 is 5.91 Å². The lowest BCUT2D eigenvalue weighted by Crippen LogP contribution is -2.41. The standard InChI is InChI=1S/C14H24N2O2/c1-14(2)6-5-10(18-14)8-16-9-12-11(13(16)17)4-3-7-15-12/h10-12,15H,3-9H2,1-2H3. The van der Waals surface area contributed by atoms with Crippen LogP contribution < -0.4 is 5.32 Å². The van der Waals surface area contributed by atoms with Crippen molar-refractivity contribution in [2.45, 2.75) is 57.3 Å². The van der Waals surface area contributed by atoms with Gasteiger partial charge in [0.25, 0.3) is 0 Å². The Hall–Kier alpha value is -0.610. The number of piperidine rings is 1. The number of amides is 1. The molecule has 3 heterocycles. The van der Waals surface area contributed by atoms with Gasteiger partial charge in [-0.25, -0.2) is 0 Å². The largest absolute Gasteiger partial charge is 0.371 e. The summed E-state index contributed by atoms with van der Waals surface area (Å²) in [6.45, 7) is 7.01. The second-order valence-electron chi connectivity index (χ2n) is 6.59. The maximum atomic E-state index is 12.3. The normalized spacial score (nSPS) is 39.1. The van der Waals surface area contributed by atoms with E-state index in [1.54, 1.807) is 0 Å². The van der Waals surface area contributed by atoms with E-state index >= 15 is 0 Å². The summed E-state index contributed by atoms with van der Waals surface area (Å²) in [6.07, 6.45) is 4.62. The molecule has 3 aliphatic rings. The highest BCUT2D eigenvalue weighted by Gasteiger charge is 2.43. The molecule has 0 radical (unpaired) electrons. The molecule has 0 aromatic carbocycles. The van der Waals surface area contributed by atoms with Crippen LogP contribution in [0.1, 0.15) is 39.5 Å². The van der Waals surface area contributed by atoms with E-state index in [1.807, 2.05) is 4.90 Å². The summed E-state index contributed by atoms with van der Waals surface area (Å²) in [6, 6.07) is 0.390. The Morgan fingerprint density at radius 2 is 2.28 bits per heavy atom. The number of carbonyl (C=O) groups excluding carboxylic acids is 1. The maximum absolute atomic E-state index is 12.3. The van der Waals surface area contributed by atoms with E-state index in [9.17, 15) is 4.79 Å². The first kappa shape index (κ1) is 12.4. The number of rotatable bonds is 2. The predicted octanol–water partition coefficient (Wildman–Crippen LogP) is 1.15. The summed E-state index contributed by atoms with van der Waals surface area (Å²) in [4.78, 5) is 14.3. The van der Waals surface area contributed by atoms with Crippen LogP contribution >= 0.6 is 0 Å². The van der Waals surface area contributed by atoms with Crippen LogP contribution in [0.4, 0.5) is 0 Å². The molecule has 1 amide bonds. The molecule has 18 heavy (non-hydrogen) atoms. The van der Waals surface area contributed by atoms with Crippen molar-refractivity contribution in [3.63, 3.8) is 0 Å². The van der Waals surface area contributed by atoms with Gasteiger partial charge < -0.3 is 15.0 Å². The van der Waals surface area contributed by atoms with Crippen LogP contribution in [-0.2, 0) is 9.53 Å². The van der Waals surface area contributed by atoms with Gasteiger partial charge in [-0.1, -0.05) is 0 Å². The summed E-state index contributed by atoms with van der Waals surface area (Å²) >= 11 is 0. The molecule has 4 heteroatoms. The zero-order valence-electron chi connectivity index (χ0n) is 11.4. The highest BCUT2D eigenvalue weighted by Crippen LogP contribution is 2.32. The second kappa shape index (κ2) is 4.49. The summed E-state index contributed by atoms with van der Waals surface area (Å²) in [5.74, 6) is 0.577. The molecule has 0 spiro atoms. The minimum absolute atomic E-state index is 0.00154. The third kappa shape index (κ3) is 2.28. The summed E-state index contributed by atoms with van der Waals surface area (Å²) in [7, 11) is 0. The number of fused-ring (bicyclic) bond motifs is 1. The van der Waals surface area contributed by atoms with Crippen molar-refractivity contribution in [1.29, 1.82) is 0 Å². The zero-order valence-corrected chi connectivity index (χ0v) is 11.4. The molecule has 0 aromatic heterocycles. The third-order valence-electron chi connectivity index (χ3n) is 4.61. The average Bonchev–Trinajstić information content (AvgIpc) is 2.82. The SMILES string of the molecule is CC1(C)CCC(CN2CC3NCCCC3C2=O)O1. The number of hydrogen-bond donors (Lipinski definition) is 1. The van der Waals surface area contributed by atoms with Gasteiger partial charge in [0.05, 0.1) is 17.6 Å². The van der Waals surface area contributed by atoms with Crippen LogP contribution in [0.25, 0.3) is 0 Å². The molecule has 3 fully saturated rings. The van der Waals surface area contributed by atoms with E-state index in [0.29, 0.717) is 11.9 Å². The first-order valence-electron chi connectivity index (χ1n) is 7.25. The molecule has 0 aromatic rings. The Labute approximate surface area is 109 Å². The summed E-state index contributed by atoms with van der Waals surface area (Å²) < 4.78 is 6.00. The van der Waals surface area contributed by atoms with E-state index < -0.39 is 0 Å². The van der Waals surface area contributed by atoms with Gasteiger partial charge in [-0.15, -0.1) is 0 Å². The third-order valence-corrected chi connectivity index (χ3v) is 4.61. The molecule has 3 rings (SSSR count). The van der Waals surface area contributed by atoms with Crippen LogP contribution in [0.3, 0.4) is 0 Å². The van der Waals surface area contributed by atoms with Crippen molar-refractivity contribution in [3.8, 4) is 0 Å². The van der Waals surface area contributed by atoms with Gasteiger partial charge in [0.2, 0.25) is 5.91 Å². The average molecular weight is 252 g/mol. The Balaban J connectivity index is 1.59. The number of likely N-dealkylation sites (tertiary alicyclic amines) is 1. The van der Waals surface area contributed by atoms with Crippen LogP contribution in [0.15, 0.2) is 0 Å². The Bertz CT molecular complexity index is 343. The molecule has 3 atom stereocenters. The molecule has 0 aliphatic carbocycles. The van der Waals surface area contributed by atoms with Gasteiger partial charge >= 0.3 is 0 Å². The number of ether oxygens (including phenoxy) is 1. The van der Waals surface area contributed by atoms with E-state index in [-0.39, 0.29) is 17.6 Å². The lowest BCUT2D eigenvalue weighted by Gasteiger charge is -2.23. The van der Waals surface area contributed by atoms with Crippen LogP contribution in [0.2, 0.25) is 0 Å². The highest BCUT2D eigenvalue weighted by atomic mass is 16.5. The summed E-state index contributed by atoms with van der Waals surface area (Å²) in [5, 5.41) is 3.48. The fraction of sp³-hybridized carbons (Fsp3) is 0.929. The Kier molecular flexibility index (Phi) is 3.10. The van der Waals surface area contributed by atoms with E-state index in [4.69, 9.17) is 4.74 Å². The summed E-state index contributed by atoms with van der Waals surface area (Å²) in [5.41, 5.74) is -0.00154. The number of hydrogen-bond acceptors (Lipinski definition) is 3. The smallest absolute Gasteiger partial charge is 0.227 e. The molecule has 102 valence electrons. The van der Waals surface area contributed by atoms with E-state index in [1.165, 1.54) is 0 Å². The maximum Gasteiger partial charge on any atom is 0.227 e. The van der Waals surface area contributed by atoms with Crippen molar-refractivity contribution in [2.75, 3.05) is 19.6 Å². The molecule has 0 saturated carbocycles. The molecule has 4 nitrogen and oxygen atoms in total. The van der Waals surface area contributed by atoms with Crippen molar-refractivity contribution in [2.24, 2.45) is 5.92 Å². The molecule has 0 bridgehead atoms. The fourth-order valence-corrected chi connectivity index (χ4v) is 3.62. The van der Waals surface area contributed by atoms with Crippen LogP contribution in [0, 0.1) is 5.92 Å². The second-order valence-corrected chi connectivity index (χ2v) is 6.59. The van der Waals surface area contributed by atoms with Crippen molar-refractivity contribution in [3.05, 3.63) is 0 Å². The highest BCUT2D eigenvalue weighted by molar-refractivity contribution is 5.82. The number of carbonyl (C=O) groups is 1. The van der Waals surface area contributed by atoms with Gasteiger partial charge in [0.15, 0.2) is 0 Å². The predicted molar refractivity (Wildman–Crippen MR) is 69.3 cm³/mol. The lowest BCUT2D eigenvalue weighted by molar-refractivity contribution is -0.133. The number of nitrogens with zero attached hydrogens (tertiary/aromatic N) is 1. The van der Waals surface area contributed by atoms with Gasteiger partial charge in [0.1, 0.15) is 0 Å². The molecule has 1 N–H and O–H groups in total. The topological polar surface area (TPSA) is 41.6 Å². The first-order chi connectivity index (χ1) is 8.55. The molecule has 3 unspecified atom stereocenters. The van der Waals surface area contributed by atoms with Gasteiger partial charge in [-0.05, 0) is 46.1 Å². The van der Waals surface area contributed by atoms with Gasteiger partial charge in [-0.3, -0.25) is 4.79 Å². The molecular formula is C14H24N2O2. The minimum Gasteiger partial charge on any atom is -0.371 e.